The van der Waals surface area contributed by atoms with Crippen molar-refractivity contribution in [2.24, 2.45) is 0 Å². The highest BCUT2D eigenvalue weighted by Gasteiger charge is 2.14. The van der Waals surface area contributed by atoms with Crippen LogP contribution in [0.4, 0.5) is 11.5 Å². The SMILES string of the molecule is Nc1cncc(-c2nc(NCc3ccccn3)c3c(-c4ccccc4)cccc3n2)c1. The molecule has 6 heteroatoms. The predicted octanol–water partition coefficient (Wildman–Crippen LogP) is 4.95. The van der Waals surface area contributed by atoms with E-state index in [2.05, 4.69) is 33.5 Å². The average Bonchev–Trinajstić information content (AvgIpc) is 2.83. The second-order valence-corrected chi connectivity index (χ2v) is 7.14. The molecule has 3 heterocycles. The molecule has 0 fully saturated rings. The molecule has 6 nitrogen and oxygen atoms in total. The average molecular weight is 404 g/mol. The summed E-state index contributed by atoms with van der Waals surface area (Å²) in [5.41, 5.74) is 11.2. The van der Waals surface area contributed by atoms with Crippen molar-refractivity contribution in [2.75, 3.05) is 11.1 Å². The van der Waals surface area contributed by atoms with Gasteiger partial charge in [-0.25, -0.2) is 9.97 Å². The van der Waals surface area contributed by atoms with Gasteiger partial charge < -0.3 is 11.1 Å². The zero-order valence-corrected chi connectivity index (χ0v) is 16.7. The van der Waals surface area contributed by atoms with Crippen LogP contribution in [-0.4, -0.2) is 19.9 Å². The lowest BCUT2D eigenvalue weighted by atomic mass is 10.0. The fourth-order valence-corrected chi connectivity index (χ4v) is 3.56. The summed E-state index contributed by atoms with van der Waals surface area (Å²) < 4.78 is 0. The van der Waals surface area contributed by atoms with E-state index in [4.69, 9.17) is 15.7 Å². The van der Waals surface area contributed by atoms with Crippen molar-refractivity contribution in [2.45, 2.75) is 6.54 Å². The first-order chi connectivity index (χ1) is 15.3. The number of anilines is 2. The van der Waals surface area contributed by atoms with Crippen LogP contribution in [0.15, 0.2) is 91.4 Å². The van der Waals surface area contributed by atoms with Gasteiger partial charge in [0.25, 0.3) is 0 Å². The van der Waals surface area contributed by atoms with Crippen molar-refractivity contribution >= 4 is 22.4 Å². The van der Waals surface area contributed by atoms with Crippen molar-refractivity contribution in [3.05, 3.63) is 97.1 Å². The smallest absolute Gasteiger partial charge is 0.163 e. The van der Waals surface area contributed by atoms with E-state index >= 15 is 0 Å². The molecule has 0 bridgehead atoms. The van der Waals surface area contributed by atoms with E-state index < -0.39 is 0 Å². The first kappa shape index (κ1) is 18.7. The fraction of sp³-hybridized carbons (Fsp3) is 0.0400. The highest BCUT2D eigenvalue weighted by atomic mass is 15.0. The van der Waals surface area contributed by atoms with Crippen molar-refractivity contribution in [3.8, 4) is 22.5 Å². The first-order valence-electron chi connectivity index (χ1n) is 9.99. The molecule has 31 heavy (non-hydrogen) atoms. The molecule has 0 aliphatic rings. The number of nitrogens with one attached hydrogen (secondary N) is 1. The molecule has 0 saturated heterocycles. The molecule has 0 aliphatic carbocycles. The maximum Gasteiger partial charge on any atom is 0.163 e. The lowest BCUT2D eigenvalue weighted by Gasteiger charge is -2.14. The molecule has 0 atom stereocenters. The largest absolute Gasteiger partial charge is 0.397 e. The van der Waals surface area contributed by atoms with Gasteiger partial charge in [0, 0.05) is 24.2 Å². The molecule has 2 aromatic carbocycles. The molecular weight excluding hydrogens is 384 g/mol. The van der Waals surface area contributed by atoms with E-state index in [9.17, 15) is 0 Å². The molecule has 150 valence electrons. The van der Waals surface area contributed by atoms with Crippen molar-refractivity contribution < 1.29 is 0 Å². The molecule has 3 N–H and O–H groups in total. The van der Waals surface area contributed by atoms with Gasteiger partial charge in [-0.15, -0.1) is 0 Å². The van der Waals surface area contributed by atoms with E-state index in [0.717, 1.165) is 39.1 Å². The Morgan fingerprint density at radius 3 is 2.48 bits per heavy atom. The Morgan fingerprint density at radius 1 is 0.806 bits per heavy atom. The number of nitrogen functional groups attached to an aromatic ring is 1. The Morgan fingerprint density at radius 2 is 1.68 bits per heavy atom. The molecule has 0 amide bonds. The Bertz CT molecular complexity index is 1340. The molecule has 5 aromatic rings. The molecule has 0 aliphatic heterocycles. The Balaban J connectivity index is 1.68. The number of pyridine rings is 2. The Kier molecular flexibility index (Phi) is 4.94. The van der Waals surface area contributed by atoms with Gasteiger partial charge in [0.05, 0.1) is 28.8 Å². The van der Waals surface area contributed by atoms with Crippen molar-refractivity contribution in [3.63, 3.8) is 0 Å². The maximum absolute atomic E-state index is 5.94. The summed E-state index contributed by atoms with van der Waals surface area (Å²) in [5.74, 6) is 1.31. The van der Waals surface area contributed by atoms with Gasteiger partial charge in [-0.05, 0) is 35.4 Å². The van der Waals surface area contributed by atoms with E-state index in [-0.39, 0.29) is 0 Å². The summed E-state index contributed by atoms with van der Waals surface area (Å²) in [5, 5.41) is 4.44. The van der Waals surface area contributed by atoms with E-state index in [1.807, 2.05) is 54.6 Å². The summed E-state index contributed by atoms with van der Waals surface area (Å²) in [4.78, 5) is 18.3. The van der Waals surface area contributed by atoms with E-state index in [1.54, 1.807) is 18.6 Å². The normalized spacial score (nSPS) is 10.8. The van der Waals surface area contributed by atoms with Crippen LogP contribution in [0.5, 0.6) is 0 Å². The zero-order valence-electron chi connectivity index (χ0n) is 16.7. The highest BCUT2D eigenvalue weighted by molar-refractivity contribution is 6.02. The van der Waals surface area contributed by atoms with Crippen LogP contribution in [-0.2, 0) is 6.54 Å². The Hall–Kier alpha value is -4.32. The quantitative estimate of drug-likeness (QED) is 0.431. The molecule has 0 radical (unpaired) electrons. The minimum atomic E-state index is 0.546. The zero-order chi connectivity index (χ0) is 21.0. The number of nitrogens with two attached hydrogens (primary N) is 1. The van der Waals surface area contributed by atoms with Crippen molar-refractivity contribution in [1.82, 2.24) is 19.9 Å². The number of aromatic nitrogens is 4. The number of fused-ring (bicyclic) bond motifs is 1. The maximum atomic E-state index is 5.94. The van der Waals surface area contributed by atoms with Crippen LogP contribution in [0.2, 0.25) is 0 Å². The number of hydrogen-bond donors (Lipinski definition) is 2. The van der Waals surface area contributed by atoms with Gasteiger partial charge in [-0.1, -0.05) is 48.5 Å². The van der Waals surface area contributed by atoms with Gasteiger partial charge in [-0.2, -0.15) is 0 Å². The second-order valence-electron chi connectivity index (χ2n) is 7.14. The number of nitrogens with zero attached hydrogens (tertiary/aromatic N) is 4. The van der Waals surface area contributed by atoms with Gasteiger partial charge in [-0.3, -0.25) is 9.97 Å². The molecule has 3 aromatic heterocycles. The minimum absolute atomic E-state index is 0.546. The van der Waals surface area contributed by atoms with Crippen LogP contribution in [0, 0.1) is 0 Å². The minimum Gasteiger partial charge on any atom is -0.397 e. The summed E-state index contributed by atoms with van der Waals surface area (Å²) in [6.07, 6.45) is 5.12. The third-order valence-corrected chi connectivity index (χ3v) is 4.99. The third kappa shape index (κ3) is 3.91. The van der Waals surface area contributed by atoms with Crippen LogP contribution in [0.1, 0.15) is 5.69 Å². The van der Waals surface area contributed by atoms with Crippen LogP contribution in [0.25, 0.3) is 33.4 Å². The Labute approximate surface area is 179 Å². The molecule has 0 spiro atoms. The third-order valence-electron chi connectivity index (χ3n) is 4.99. The monoisotopic (exact) mass is 404 g/mol. The van der Waals surface area contributed by atoms with Gasteiger partial charge in [0.1, 0.15) is 5.82 Å². The van der Waals surface area contributed by atoms with E-state index in [1.165, 1.54) is 0 Å². The first-order valence-corrected chi connectivity index (χ1v) is 9.99. The highest BCUT2D eigenvalue weighted by Crippen LogP contribution is 2.34. The van der Waals surface area contributed by atoms with Gasteiger partial charge >= 0.3 is 0 Å². The lowest BCUT2D eigenvalue weighted by molar-refractivity contribution is 1.03. The molecule has 0 saturated carbocycles. The molecule has 0 unspecified atom stereocenters. The van der Waals surface area contributed by atoms with Crippen molar-refractivity contribution in [1.29, 1.82) is 0 Å². The summed E-state index contributed by atoms with van der Waals surface area (Å²) in [6, 6.07) is 24.1. The van der Waals surface area contributed by atoms with Crippen LogP contribution in [0.3, 0.4) is 0 Å². The lowest BCUT2D eigenvalue weighted by Crippen LogP contribution is -2.06. The van der Waals surface area contributed by atoms with E-state index in [0.29, 0.717) is 18.1 Å². The van der Waals surface area contributed by atoms with Gasteiger partial charge in [0.15, 0.2) is 5.82 Å². The van der Waals surface area contributed by atoms with Crippen LogP contribution < -0.4 is 11.1 Å². The second kappa shape index (κ2) is 8.20. The molecular formula is C25H20N6. The fourth-order valence-electron chi connectivity index (χ4n) is 3.56. The number of benzene rings is 2. The summed E-state index contributed by atoms with van der Waals surface area (Å²) >= 11 is 0. The number of rotatable bonds is 5. The van der Waals surface area contributed by atoms with Gasteiger partial charge in [0.2, 0.25) is 0 Å². The topological polar surface area (TPSA) is 89.6 Å². The van der Waals surface area contributed by atoms with Crippen LogP contribution >= 0.6 is 0 Å². The predicted molar refractivity (Wildman–Crippen MR) is 124 cm³/mol. The molecule has 5 rings (SSSR count). The standard InChI is InChI=1S/C25H20N6/c26-19-13-18(14-27-15-19)24-30-22-11-6-10-21(17-7-2-1-3-8-17)23(22)25(31-24)29-16-20-9-4-5-12-28-20/h1-15H,16,26H2,(H,29,30,31). The summed E-state index contributed by atoms with van der Waals surface area (Å²) in [6.45, 7) is 0.546. The summed E-state index contributed by atoms with van der Waals surface area (Å²) in [7, 11) is 0. The number of hydrogen-bond acceptors (Lipinski definition) is 6.